The molecule has 1 amide bonds. The second kappa shape index (κ2) is 5.54. The van der Waals surface area contributed by atoms with Crippen LogP contribution < -0.4 is 11.2 Å². The molecule has 6 heteroatoms. The molecule has 0 atom stereocenters. The predicted molar refractivity (Wildman–Crippen MR) is 79.0 cm³/mol. The lowest BCUT2D eigenvalue weighted by Crippen LogP contribution is -2.27. The molecule has 116 valence electrons. The molecule has 2 rings (SSSR count). The molecule has 4 N–H and O–H groups in total. The number of amides is 1. The van der Waals surface area contributed by atoms with Crippen LogP contribution in [0.15, 0.2) is 18.2 Å². The fourth-order valence-corrected chi connectivity index (χ4v) is 2.26. The zero-order valence-electron chi connectivity index (χ0n) is 12.6. The number of nitrogens with two attached hydrogens (primary N) is 1. The Kier molecular flexibility index (Phi) is 4.11. The topological polar surface area (TPSA) is 93.8 Å². The fraction of sp³-hybridized carbons (Fsp3) is 0.533. The number of hydrogen-bond acceptors (Lipinski definition) is 5. The van der Waals surface area contributed by atoms with Crippen LogP contribution in [0.2, 0.25) is 0 Å². The highest BCUT2D eigenvalue weighted by Gasteiger charge is 2.46. The fourth-order valence-electron chi connectivity index (χ4n) is 2.26. The summed E-state index contributed by atoms with van der Waals surface area (Å²) in [6.07, 6.45) is 1.26. The molecule has 0 aliphatic heterocycles. The van der Waals surface area contributed by atoms with Crippen LogP contribution >= 0.6 is 0 Å². The number of phenolic OH excluding ortho intramolecular Hbond substituents is 1. The van der Waals surface area contributed by atoms with Crippen LogP contribution in [0, 0.1) is 0 Å². The molecule has 0 unspecified atom stereocenters. The zero-order valence-corrected chi connectivity index (χ0v) is 12.6. The monoisotopic (exact) mass is 294 g/mol. The molecule has 1 aromatic carbocycles. The average molecular weight is 294 g/mol. The van der Waals surface area contributed by atoms with Gasteiger partial charge in [-0.05, 0) is 51.8 Å². The zero-order chi connectivity index (χ0) is 15.7. The van der Waals surface area contributed by atoms with E-state index in [0.717, 1.165) is 18.4 Å². The Bertz CT molecular complexity index is 533. The van der Waals surface area contributed by atoms with E-state index in [4.69, 9.17) is 15.5 Å². The van der Waals surface area contributed by atoms with Crippen LogP contribution in [-0.2, 0) is 15.0 Å². The molecule has 0 heterocycles. The van der Waals surface area contributed by atoms with E-state index in [1.54, 1.807) is 39.0 Å². The van der Waals surface area contributed by atoms with Gasteiger partial charge >= 0.3 is 6.09 Å². The first-order valence-corrected chi connectivity index (χ1v) is 6.91. The summed E-state index contributed by atoms with van der Waals surface area (Å²) in [5, 5.41) is 12.7. The van der Waals surface area contributed by atoms with Crippen LogP contribution in [0.5, 0.6) is 5.75 Å². The molecule has 1 saturated carbocycles. The Balaban J connectivity index is 2.14. The van der Waals surface area contributed by atoms with Crippen molar-refractivity contribution in [2.45, 2.75) is 44.6 Å². The maximum atomic E-state index is 11.8. The molecule has 1 aliphatic carbocycles. The van der Waals surface area contributed by atoms with E-state index < -0.39 is 11.7 Å². The van der Waals surface area contributed by atoms with Crippen LogP contribution in [0.1, 0.15) is 39.2 Å². The Morgan fingerprint density at radius 3 is 2.62 bits per heavy atom. The predicted octanol–water partition coefficient (Wildman–Crippen LogP) is 2.66. The summed E-state index contributed by atoms with van der Waals surface area (Å²) in [5.41, 5.74) is 0.501. The van der Waals surface area contributed by atoms with Gasteiger partial charge in [-0.1, -0.05) is 0 Å². The number of hydrogen-bond donors (Lipinski definition) is 3. The molecule has 1 fully saturated rings. The Labute approximate surface area is 124 Å². The molecule has 0 aromatic heterocycles. The maximum Gasteiger partial charge on any atom is 0.412 e. The smallest absolute Gasteiger partial charge is 0.412 e. The molecule has 6 nitrogen and oxygen atoms in total. The van der Waals surface area contributed by atoms with Crippen molar-refractivity contribution in [3.63, 3.8) is 0 Å². The summed E-state index contributed by atoms with van der Waals surface area (Å²) in [4.78, 5) is 16.5. The van der Waals surface area contributed by atoms with E-state index in [-0.39, 0.29) is 11.2 Å². The van der Waals surface area contributed by atoms with Crippen molar-refractivity contribution >= 4 is 11.8 Å². The first-order valence-electron chi connectivity index (χ1n) is 6.91. The normalized spacial score (nSPS) is 16.4. The summed E-state index contributed by atoms with van der Waals surface area (Å²) < 4.78 is 5.20. The minimum atomic E-state index is -0.561. The first-order chi connectivity index (χ1) is 9.76. The lowest BCUT2D eigenvalue weighted by molar-refractivity contribution is 0.0636. The minimum Gasteiger partial charge on any atom is -0.508 e. The number of carbonyl (C=O) groups excluding carboxylic acids is 1. The third-order valence-electron chi connectivity index (χ3n) is 3.43. The van der Waals surface area contributed by atoms with Gasteiger partial charge in [0.2, 0.25) is 0 Å². The number of aromatic hydroxyl groups is 1. The summed E-state index contributed by atoms with van der Waals surface area (Å²) in [5.74, 6) is 5.34. The van der Waals surface area contributed by atoms with Crippen LogP contribution in [0.25, 0.3) is 0 Å². The number of anilines is 1. The maximum absolute atomic E-state index is 11.8. The number of phenols is 1. The second-order valence-electron chi connectivity index (χ2n) is 6.45. The second-order valence-corrected chi connectivity index (χ2v) is 6.45. The van der Waals surface area contributed by atoms with E-state index in [0.29, 0.717) is 12.3 Å². The molecular weight excluding hydrogens is 272 g/mol. The quantitative estimate of drug-likeness (QED) is 0.586. The van der Waals surface area contributed by atoms with Gasteiger partial charge in [-0.2, -0.15) is 0 Å². The molecule has 0 saturated heterocycles. The van der Waals surface area contributed by atoms with Gasteiger partial charge in [-0.15, -0.1) is 0 Å². The van der Waals surface area contributed by atoms with E-state index in [1.165, 1.54) is 0 Å². The van der Waals surface area contributed by atoms with Crippen molar-refractivity contribution in [2.24, 2.45) is 5.90 Å². The summed E-state index contributed by atoms with van der Waals surface area (Å²) in [7, 11) is 0. The summed E-state index contributed by atoms with van der Waals surface area (Å²) in [6, 6.07) is 4.92. The number of ether oxygens (including phenoxy) is 1. The third kappa shape index (κ3) is 3.86. The largest absolute Gasteiger partial charge is 0.508 e. The minimum absolute atomic E-state index is 0.180. The Morgan fingerprint density at radius 2 is 2.10 bits per heavy atom. The van der Waals surface area contributed by atoms with Gasteiger partial charge in [0.05, 0.1) is 6.61 Å². The number of rotatable bonds is 4. The van der Waals surface area contributed by atoms with Gasteiger partial charge in [0, 0.05) is 16.7 Å². The average Bonchev–Trinajstić information content (AvgIpc) is 3.10. The van der Waals surface area contributed by atoms with Gasteiger partial charge in [0.25, 0.3) is 0 Å². The molecule has 1 aromatic rings. The molecule has 21 heavy (non-hydrogen) atoms. The van der Waals surface area contributed by atoms with Crippen LogP contribution in [0.4, 0.5) is 10.5 Å². The van der Waals surface area contributed by atoms with E-state index in [1.807, 2.05) is 0 Å². The van der Waals surface area contributed by atoms with Crippen molar-refractivity contribution in [1.29, 1.82) is 0 Å². The van der Waals surface area contributed by atoms with Crippen molar-refractivity contribution in [3.05, 3.63) is 23.8 Å². The molecule has 0 bridgehead atoms. The first kappa shape index (κ1) is 15.6. The lowest BCUT2D eigenvalue weighted by Gasteiger charge is -2.21. The number of nitrogens with one attached hydrogen (secondary N) is 1. The Hall–Kier alpha value is -1.79. The van der Waals surface area contributed by atoms with E-state index >= 15 is 0 Å². The van der Waals surface area contributed by atoms with Crippen LogP contribution in [-0.4, -0.2) is 23.4 Å². The molecule has 0 radical (unpaired) electrons. The van der Waals surface area contributed by atoms with Crippen molar-refractivity contribution in [3.8, 4) is 5.75 Å². The molecule has 0 spiro atoms. The van der Waals surface area contributed by atoms with Gasteiger partial charge in [0.1, 0.15) is 11.4 Å². The van der Waals surface area contributed by atoms with Crippen molar-refractivity contribution < 1.29 is 19.5 Å². The Morgan fingerprint density at radius 1 is 1.43 bits per heavy atom. The van der Waals surface area contributed by atoms with E-state index in [9.17, 15) is 9.90 Å². The third-order valence-corrected chi connectivity index (χ3v) is 3.43. The summed E-state index contributed by atoms with van der Waals surface area (Å²) in [6.45, 7) is 5.74. The standard InChI is InChI=1S/C15H22N2O4/c1-14(2,3)21-13(19)17-10-4-5-12(18)11(8-10)15(6-7-15)9-20-16/h4-5,8,18H,6-7,9,16H2,1-3H3,(H,17,19). The van der Waals surface area contributed by atoms with Crippen molar-refractivity contribution in [1.82, 2.24) is 0 Å². The highest BCUT2D eigenvalue weighted by molar-refractivity contribution is 5.85. The lowest BCUT2D eigenvalue weighted by atomic mass is 9.95. The highest BCUT2D eigenvalue weighted by Crippen LogP contribution is 2.51. The number of benzene rings is 1. The van der Waals surface area contributed by atoms with Gasteiger partial charge in [-0.3, -0.25) is 5.32 Å². The van der Waals surface area contributed by atoms with Gasteiger partial charge in [-0.25, -0.2) is 10.7 Å². The SMILES string of the molecule is CC(C)(C)OC(=O)Nc1ccc(O)c(C2(CON)CC2)c1. The highest BCUT2D eigenvalue weighted by atomic mass is 16.6. The van der Waals surface area contributed by atoms with E-state index in [2.05, 4.69) is 5.32 Å². The van der Waals surface area contributed by atoms with Crippen LogP contribution in [0.3, 0.4) is 0 Å². The van der Waals surface area contributed by atoms with Crippen molar-refractivity contribution in [2.75, 3.05) is 11.9 Å². The summed E-state index contributed by atoms with van der Waals surface area (Å²) >= 11 is 0. The van der Waals surface area contributed by atoms with Gasteiger partial charge in [0.15, 0.2) is 0 Å². The number of carbonyl (C=O) groups is 1. The molecular formula is C15H22N2O4. The van der Waals surface area contributed by atoms with Gasteiger partial charge < -0.3 is 14.7 Å². The molecule has 1 aliphatic rings.